The van der Waals surface area contributed by atoms with Gasteiger partial charge in [0.1, 0.15) is 5.82 Å². The van der Waals surface area contributed by atoms with Crippen molar-refractivity contribution in [3.05, 3.63) is 39.4 Å². The Balaban J connectivity index is 2.44. The fourth-order valence-corrected chi connectivity index (χ4v) is 1.83. The first-order valence-electron chi connectivity index (χ1n) is 4.78. The Kier molecular flexibility index (Phi) is 2.53. The van der Waals surface area contributed by atoms with Crippen LogP contribution in [0, 0.1) is 27.7 Å². The number of rotatable bonds is 3. The van der Waals surface area contributed by atoms with Gasteiger partial charge in [-0.25, -0.2) is 4.39 Å². The normalized spacial score (nSPS) is 22.2. The summed E-state index contributed by atoms with van der Waals surface area (Å²) in [4.78, 5) is 20.1. The van der Waals surface area contributed by atoms with Gasteiger partial charge in [0.25, 0.3) is 0 Å². The zero-order valence-electron chi connectivity index (χ0n) is 8.39. The molecule has 0 aliphatic heterocycles. The molecule has 0 amide bonds. The predicted molar refractivity (Wildman–Crippen MR) is 51.5 cm³/mol. The summed E-state index contributed by atoms with van der Waals surface area (Å²) in [5.41, 5.74) is -1.33. The molecule has 0 saturated heterocycles. The van der Waals surface area contributed by atoms with E-state index in [9.17, 15) is 23.7 Å². The van der Waals surface area contributed by atoms with Crippen LogP contribution in [0.1, 0.15) is 17.9 Å². The second-order valence-corrected chi connectivity index (χ2v) is 3.84. The van der Waals surface area contributed by atoms with E-state index >= 15 is 0 Å². The van der Waals surface area contributed by atoms with E-state index in [1.807, 2.05) is 0 Å². The number of aliphatic carboxylic acids is 1. The van der Waals surface area contributed by atoms with E-state index in [1.54, 1.807) is 0 Å². The standard InChI is InChI=1S/C10H7F2NO4/c11-6-1-2-7(13(16)17)9(12)8(6)4-3-5(4)10(14)15/h1-2,4-5H,3H2,(H,14,15)/t4-,5-/m1/s1. The molecule has 1 saturated carbocycles. The van der Waals surface area contributed by atoms with Crippen molar-refractivity contribution in [2.45, 2.75) is 12.3 Å². The molecule has 90 valence electrons. The topological polar surface area (TPSA) is 80.4 Å². The van der Waals surface area contributed by atoms with Gasteiger partial charge >= 0.3 is 11.7 Å². The van der Waals surface area contributed by atoms with Gasteiger partial charge in [-0.2, -0.15) is 4.39 Å². The van der Waals surface area contributed by atoms with Crippen molar-refractivity contribution in [1.82, 2.24) is 0 Å². The number of carboxylic acids is 1. The Morgan fingerprint density at radius 3 is 2.59 bits per heavy atom. The van der Waals surface area contributed by atoms with Crippen LogP contribution in [0.5, 0.6) is 0 Å². The maximum absolute atomic E-state index is 13.6. The van der Waals surface area contributed by atoms with Crippen LogP contribution in [-0.2, 0) is 4.79 Å². The molecule has 1 aromatic rings. The molecule has 2 rings (SSSR count). The molecule has 1 aromatic carbocycles. The minimum absolute atomic E-state index is 0.102. The number of halogens is 2. The molecule has 1 aliphatic carbocycles. The van der Waals surface area contributed by atoms with E-state index in [-0.39, 0.29) is 6.42 Å². The van der Waals surface area contributed by atoms with Crippen molar-refractivity contribution < 1.29 is 23.6 Å². The van der Waals surface area contributed by atoms with E-state index in [1.165, 1.54) is 0 Å². The lowest BCUT2D eigenvalue weighted by Gasteiger charge is -2.03. The largest absolute Gasteiger partial charge is 0.481 e. The number of hydrogen-bond donors (Lipinski definition) is 1. The highest BCUT2D eigenvalue weighted by molar-refractivity contribution is 5.75. The van der Waals surface area contributed by atoms with E-state index < -0.39 is 45.6 Å². The third kappa shape index (κ3) is 1.83. The molecule has 0 heterocycles. The van der Waals surface area contributed by atoms with Crippen LogP contribution >= 0.6 is 0 Å². The molecule has 1 aliphatic rings. The molecular weight excluding hydrogens is 236 g/mol. The van der Waals surface area contributed by atoms with Gasteiger partial charge < -0.3 is 5.11 Å². The smallest absolute Gasteiger partial charge is 0.307 e. The molecule has 0 bridgehead atoms. The SMILES string of the molecule is O=C(O)[C@@H]1C[C@H]1c1c(F)ccc([N+](=O)[O-])c1F. The van der Waals surface area contributed by atoms with Crippen molar-refractivity contribution in [3.8, 4) is 0 Å². The summed E-state index contributed by atoms with van der Waals surface area (Å²) < 4.78 is 27.0. The average molecular weight is 243 g/mol. The summed E-state index contributed by atoms with van der Waals surface area (Å²) in [5.74, 6) is -5.04. The highest BCUT2D eigenvalue weighted by Gasteiger charge is 2.48. The van der Waals surface area contributed by atoms with Crippen molar-refractivity contribution in [2.24, 2.45) is 5.92 Å². The Morgan fingerprint density at radius 1 is 1.47 bits per heavy atom. The van der Waals surface area contributed by atoms with Gasteiger partial charge in [-0.1, -0.05) is 0 Å². The number of hydrogen-bond acceptors (Lipinski definition) is 3. The fourth-order valence-electron chi connectivity index (χ4n) is 1.83. The van der Waals surface area contributed by atoms with E-state index in [2.05, 4.69) is 0 Å². The first-order chi connectivity index (χ1) is 7.93. The number of carboxylic acid groups (broad SMARTS) is 1. The lowest BCUT2D eigenvalue weighted by Crippen LogP contribution is -2.04. The molecule has 2 atom stereocenters. The van der Waals surface area contributed by atoms with E-state index in [0.29, 0.717) is 0 Å². The van der Waals surface area contributed by atoms with Crippen LogP contribution in [0.4, 0.5) is 14.5 Å². The average Bonchev–Trinajstić information content (AvgIpc) is 2.97. The minimum atomic E-state index is -1.27. The van der Waals surface area contributed by atoms with Gasteiger partial charge in [0, 0.05) is 17.5 Å². The Bertz CT molecular complexity index is 517. The molecule has 1 N–H and O–H groups in total. The van der Waals surface area contributed by atoms with Gasteiger partial charge in [-0.05, 0) is 12.5 Å². The highest BCUT2D eigenvalue weighted by Crippen LogP contribution is 2.50. The Morgan fingerprint density at radius 2 is 2.12 bits per heavy atom. The zero-order valence-corrected chi connectivity index (χ0v) is 8.39. The predicted octanol–water partition coefficient (Wildman–Crippen LogP) is 2.06. The lowest BCUT2D eigenvalue weighted by molar-refractivity contribution is -0.387. The maximum Gasteiger partial charge on any atom is 0.307 e. The Labute approximate surface area is 93.8 Å². The number of carbonyl (C=O) groups is 1. The molecule has 0 aromatic heterocycles. The van der Waals surface area contributed by atoms with Gasteiger partial charge in [0.15, 0.2) is 0 Å². The van der Waals surface area contributed by atoms with Gasteiger partial charge in [0.2, 0.25) is 5.82 Å². The summed E-state index contributed by atoms with van der Waals surface area (Å²) in [6.45, 7) is 0. The first-order valence-corrected chi connectivity index (χ1v) is 4.78. The first kappa shape index (κ1) is 11.4. The molecular formula is C10H7F2NO4. The van der Waals surface area contributed by atoms with Crippen LogP contribution in [0.15, 0.2) is 12.1 Å². The number of benzene rings is 1. The van der Waals surface area contributed by atoms with Crippen molar-refractivity contribution in [1.29, 1.82) is 0 Å². The van der Waals surface area contributed by atoms with E-state index in [0.717, 1.165) is 12.1 Å². The van der Waals surface area contributed by atoms with Gasteiger partial charge in [-0.3, -0.25) is 14.9 Å². The zero-order chi connectivity index (χ0) is 12.7. The highest BCUT2D eigenvalue weighted by atomic mass is 19.1. The summed E-state index contributed by atoms with van der Waals surface area (Å²) in [6, 6.07) is 1.51. The minimum Gasteiger partial charge on any atom is -0.481 e. The summed E-state index contributed by atoms with van der Waals surface area (Å²) in [6.07, 6.45) is 0.102. The second-order valence-electron chi connectivity index (χ2n) is 3.84. The second kappa shape index (κ2) is 3.76. The number of nitro benzene ring substituents is 1. The summed E-state index contributed by atoms with van der Waals surface area (Å²) in [7, 11) is 0. The monoisotopic (exact) mass is 243 g/mol. The summed E-state index contributed by atoms with van der Waals surface area (Å²) in [5, 5.41) is 19.1. The van der Waals surface area contributed by atoms with Crippen LogP contribution in [0.3, 0.4) is 0 Å². The molecule has 0 radical (unpaired) electrons. The molecule has 0 spiro atoms. The fraction of sp³-hybridized carbons (Fsp3) is 0.300. The lowest BCUT2D eigenvalue weighted by atomic mass is 10.1. The van der Waals surface area contributed by atoms with Crippen LogP contribution in [0.25, 0.3) is 0 Å². The molecule has 0 unspecified atom stereocenters. The number of nitrogens with zero attached hydrogens (tertiary/aromatic N) is 1. The third-order valence-corrected chi connectivity index (χ3v) is 2.78. The van der Waals surface area contributed by atoms with Gasteiger partial charge in [0.05, 0.1) is 10.8 Å². The van der Waals surface area contributed by atoms with E-state index in [4.69, 9.17) is 5.11 Å². The van der Waals surface area contributed by atoms with Crippen LogP contribution in [-0.4, -0.2) is 16.0 Å². The van der Waals surface area contributed by atoms with Crippen molar-refractivity contribution in [3.63, 3.8) is 0 Å². The molecule has 7 heteroatoms. The third-order valence-electron chi connectivity index (χ3n) is 2.78. The van der Waals surface area contributed by atoms with Crippen LogP contribution < -0.4 is 0 Å². The Hall–Kier alpha value is -2.05. The molecule has 1 fully saturated rings. The quantitative estimate of drug-likeness (QED) is 0.650. The maximum atomic E-state index is 13.6. The van der Waals surface area contributed by atoms with Crippen molar-refractivity contribution >= 4 is 11.7 Å². The van der Waals surface area contributed by atoms with Gasteiger partial charge in [-0.15, -0.1) is 0 Å². The summed E-state index contributed by atoms with van der Waals surface area (Å²) >= 11 is 0. The molecule has 17 heavy (non-hydrogen) atoms. The van der Waals surface area contributed by atoms with Crippen LogP contribution in [0.2, 0.25) is 0 Å². The van der Waals surface area contributed by atoms with Crippen molar-refractivity contribution in [2.75, 3.05) is 0 Å². The molecule has 5 nitrogen and oxygen atoms in total. The number of nitro groups is 1.